The van der Waals surface area contributed by atoms with Gasteiger partial charge in [-0.15, -0.1) is 5.10 Å². The van der Waals surface area contributed by atoms with Crippen molar-refractivity contribution < 1.29 is 0 Å². The normalized spacial score (nSPS) is 10.7. The summed E-state index contributed by atoms with van der Waals surface area (Å²) in [6, 6.07) is 0. The Bertz CT molecular complexity index is 521. The third-order valence-electron chi connectivity index (χ3n) is 2.02. The lowest BCUT2D eigenvalue weighted by molar-refractivity contribution is 0.664. The Morgan fingerprint density at radius 1 is 1.25 bits per heavy atom. The van der Waals surface area contributed by atoms with Crippen LogP contribution in [0.3, 0.4) is 0 Å². The van der Waals surface area contributed by atoms with Crippen LogP contribution in [0, 0.1) is 13.8 Å². The molecule has 0 aliphatic heterocycles. The van der Waals surface area contributed by atoms with E-state index in [9.17, 15) is 0 Å². The number of nitrogens with zero attached hydrogens (tertiary/aromatic N) is 6. The van der Waals surface area contributed by atoms with Gasteiger partial charge in [0, 0.05) is 12.6 Å². The average Bonchev–Trinajstić information content (AvgIpc) is 2.60. The lowest BCUT2D eigenvalue weighted by Crippen LogP contribution is -2.02. The number of hydrogen-bond donors (Lipinski definition) is 1. The highest BCUT2D eigenvalue weighted by atomic mass is 32.2. The van der Waals surface area contributed by atoms with E-state index in [-0.39, 0.29) is 0 Å². The van der Waals surface area contributed by atoms with Crippen LogP contribution in [0.2, 0.25) is 0 Å². The number of hydrogen-bond acceptors (Lipinski definition) is 7. The average molecular weight is 237 g/mol. The molecular formula is C8H11N7S. The van der Waals surface area contributed by atoms with Gasteiger partial charge in [-0.05, 0) is 36.0 Å². The molecule has 2 N–H and O–H groups in total. The summed E-state index contributed by atoms with van der Waals surface area (Å²) in [5, 5.41) is 12.6. The van der Waals surface area contributed by atoms with Gasteiger partial charge >= 0.3 is 0 Å². The van der Waals surface area contributed by atoms with Crippen molar-refractivity contribution in [2.24, 2.45) is 7.05 Å². The van der Waals surface area contributed by atoms with Crippen molar-refractivity contribution in [2.75, 3.05) is 5.73 Å². The third kappa shape index (κ3) is 1.96. The van der Waals surface area contributed by atoms with Crippen molar-refractivity contribution in [1.82, 2.24) is 30.2 Å². The minimum atomic E-state index is 0.491. The van der Waals surface area contributed by atoms with Crippen LogP contribution in [0.5, 0.6) is 0 Å². The maximum atomic E-state index is 5.77. The zero-order valence-electron chi connectivity index (χ0n) is 9.17. The highest BCUT2D eigenvalue weighted by molar-refractivity contribution is 7.99. The first-order chi connectivity index (χ1) is 7.58. The van der Waals surface area contributed by atoms with Gasteiger partial charge in [-0.1, -0.05) is 0 Å². The molecule has 0 bridgehead atoms. The molecule has 0 spiro atoms. The number of anilines is 1. The number of rotatable bonds is 2. The fourth-order valence-corrected chi connectivity index (χ4v) is 1.97. The maximum Gasteiger partial charge on any atom is 0.215 e. The molecule has 0 aliphatic rings. The molecule has 16 heavy (non-hydrogen) atoms. The van der Waals surface area contributed by atoms with Crippen LogP contribution < -0.4 is 5.73 Å². The van der Waals surface area contributed by atoms with Crippen LogP contribution in [0.1, 0.15) is 11.4 Å². The molecule has 7 nitrogen and oxygen atoms in total. The molecule has 0 atom stereocenters. The second-order valence-corrected chi connectivity index (χ2v) is 4.23. The van der Waals surface area contributed by atoms with Crippen molar-refractivity contribution in [3.05, 3.63) is 11.4 Å². The fourth-order valence-electron chi connectivity index (χ4n) is 1.12. The summed E-state index contributed by atoms with van der Waals surface area (Å²) in [5.74, 6) is 1.13. The minimum Gasteiger partial charge on any atom is -0.383 e. The summed E-state index contributed by atoms with van der Waals surface area (Å²) in [4.78, 5) is 8.39. The van der Waals surface area contributed by atoms with Crippen molar-refractivity contribution in [1.29, 1.82) is 0 Å². The predicted octanol–water partition coefficient (Wildman–Crippen LogP) is 0.350. The molecule has 0 saturated carbocycles. The Morgan fingerprint density at radius 2 is 2.00 bits per heavy atom. The number of tetrazole rings is 1. The third-order valence-corrected chi connectivity index (χ3v) is 3.14. The van der Waals surface area contributed by atoms with E-state index in [1.807, 2.05) is 6.92 Å². The zero-order chi connectivity index (χ0) is 11.7. The highest BCUT2D eigenvalue weighted by Gasteiger charge is 2.11. The van der Waals surface area contributed by atoms with E-state index in [1.165, 1.54) is 11.8 Å². The number of nitrogens with two attached hydrogens (primary N) is 1. The van der Waals surface area contributed by atoms with E-state index in [0.717, 1.165) is 10.6 Å². The molecule has 2 aromatic heterocycles. The van der Waals surface area contributed by atoms with Crippen LogP contribution in [0.15, 0.2) is 10.2 Å². The van der Waals surface area contributed by atoms with E-state index in [4.69, 9.17) is 5.73 Å². The largest absolute Gasteiger partial charge is 0.383 e. The highest BCUT2D eigenvalue weighted by Crippen LogP contribution is 2.27. The smallest absolute Gasteiger partial charge is 0.215 e. The quantitative estimate of drug-likeness (QED) is 0.753. The van der Waals surface area contributed by atoms with E-state index < -0.39 is 0 Å². The maximum absolute atomic E-state index is 5.77. The minimum absolute atomic E-state index is 0.491. The van der Waals surface area contributed by atoms with Gasteiger partial charge in [0.25, 0.3) is 0 Å². The number of nitrogen functional groups attached to an aromatic ring is 1. The van der Waals surface area contributed by atoms with Gasteiger partial charge in [0.2, 0.25) is 5.16 Å². The summed E-state index contributed by atoms with van der Waals surface area (Å²) >= 11 is 1.37. The molecule has 8 heteroatoms. The molecule has 0 unspecified atom stereocenters. The Morgan fingerprint density at radius 3 is 2.62 bits per heavy atom. The van der Waals surface area contributed by atoms with Gasteiger partial charge in [-0.3, -0.25) is 0 Å². The first kappa shape index (κ1) is 10.8. The van der Waals surface area contributed by atoms with E-state index in [2.05, 4.69) is 25.5 Å². The second-order valence-electron chi connectivity index (χ2n) is 3.27. The first-order valence-electron chi connectivity index (χ1n) is 4.59. The topological polar surface area (TPSA) is 95.4 Å². The lowest BCUT2D eigenvalue weighted by atomic mass is 10.3. The van der Waals surface area contributed by atoms with Crippen molar-refractivity contribution in [2.45, 2.75) is 24.0 Å². The number of aromatic nitrogens is 6. The number of aryl methyl sites for hydroxylation is 2. The Hall–Kier alpha value is -1.70. The van der Waals surface area contributed by atoms with Gasteiger partial charge in [-0.25, -0.2) is 14.6 Å². The molecule has 2 heterocycles. The van der Waals surface area contributed by atoms with Gasteiger partial charge in [0.15, 0.2) is 0 Å². The standard InChI is InChI=1S/C8H11N7S/c1-4-6(9)10-5(2)11-7(4)16-8-12-13-14-15(8)3/h1-3H3,(H2,9,10,11). The summed E-state index contributed by atoms with van der Waals surface area (Å²) in [6.07, 6.45) is 0. The SMILES string of the molecule is Cc1nc(N)c(C)c(Sc2nnnn2C)n1. The van der Waals surface area contributed by atoms with Crippen molar-refractivity contribution in [3.63, 3.8) is 0 Å². The van der Waals surface area contributed by atoms with E-state index in [1.54, 1.807) is 18.7 Å². The van der Waals surface area contributed by atoms with Gasteiger partial charge in [0.1, 0.15) is 16.7 Å². The van der Waals surface area contributed by atoms with Crippen LogP contribution in [0.4, 0.5) is 5.82 Å². The summed E-state index contributed by atoms with van der Waals surface area (Å²) in [7, 11) is 1.77. The van der Waals surface area contributed by atoms with Crippen molar-refractivity contribution >= 4 is 17.6 Å². The molecule has 0 aliphatic carbocycles. The van der Waals surface area contributed by atoms with E-state index in [0.29, 0.717) is 16.8 Å². The fraction of sp³-hybridized carbons (Fsp3) is 0.375. The molecule has 84 valence electrons. The molecule has 2 rings (SSSR count). The lowest BCUT2D eigenvalue weighted by Gasteiger charge is -2.06. The van der Waals surface area contributed by atoms with Crippen LogP contribution in [0.25, 0.3) is 0 Å². The molecule has 0 amide bonds. The van der Waals surface area contributed by atoms with Crippen LogP contribution in [-0.2, 0) is 7.05 Å². The van der Waals surface area contributed by atoms with Crippen LogP contribution >= 0.6 is 11.8 Å². The Labute approximate surface area is 96.5 Å². The van der Waals surface area contributed by atoms with Crippen molar-refractivity contribution in [3.8, 4) is 0 Å². The molecule has 0 radical (unpaired) electrons. The summed E-state index contributed by atoms with van der Waals surface area (Å²) < 4.78 is 1.58. The molecule has 2 aromatic rings. The van der Waals surface area contributed by atoms with Crippen LogP contribution in [-0.4, -0.2) is 30.2 Å². The molecule has 0 aromatic carbocycles. The molecule has 0 saturated heterocycles. The van der Waals surface area contributed by atoms with E-state index >= 15 is 0 Å². The Kier molecular flexibility index (Phi) is 2.73. The molecule has 0 fully saturated rings. The molecular weight excluding hydrogens is 226 g/mol. The predicted molar refractivity (Wildman–Crippen MR) is 58.8 cm³/mol. The van der Waals surface area contributed by atoms with Gasteiger partial charge in [-0.2, -0.15) is 0 Å². The van der Waals surface area contributed by atoms with Gasteiger partial charge < -0.3 is 5.73 Å². The monoisotopic (exact) mass is 237 g/mol. The first-order valence-corrected chi connectivity index (χ1v) is 5.40. The summed E-state index contributed by atoms with van der Waals surface area (Å²) in [6.45, 7) is 3.68. The Balaban J connectivity index is 2.38. The zero-order valence-corrected chi connectivity index (χ0v) is 9.99. The van der Waals surface area contributed by atoms with Gasteiger partial charge in [0.05, 0.1) is 0 Å². The second kappa shape index (κ2) is 4.05. The summed E-state index contributed by atoms with van der Waals surface area (Å²) in [5.41, 5.74) is 6.61.